The highest BCUT2D eigenvalue weighted by molar-refractivity contribution is 5.84. The van der Waals surface area contributed by atoms with Gasteiger partial charge in [0.15, 0.2) is 6.29 Å². The van der Waals surface area contributed by atoms with Gasteiger partial charge in [-0.15, -0.1) is 0 Å². The number of amides is 1. The Morgan fingerprint density at radius 3 is 1.15 bits per heavy atom. The third kappa shape index (κ3) is 20.2. The van der Waals surface area contributed by atoms with Gasteiger partial charge in [-0.3, -0.25) is 9.59 Å². The van der Waals surface area contributed by atoms with E-state index in [9.17, 15) is 25.4 Å². The number of likely N-dealkylation sites (N-methyl/N-ethyl adjacent to an activating group) is 2. The van der Waals surface area contributed by atoms with E-state index in [1.54, 1.807) is 39.2 Å². The summed E-state index contributed by atoms with van der Waals surface area (Å²) in [5.41, 5.74) is 20.8. The van der Waals surface area contributed by atoms with Crippen molar-refractivity contribution in [2.75, 3.05) is 75.7 Å². The van der Waals surface area contributed by atoms with Crippen LogP contribution in [0.25, 0.3) is 33.4 Å². The number of unbranched alkanes of at least 4 members (excludes halogenated alkanes) is 2. The maximum Gasteiger partial charge on any atom is 0.219 e. The molecule has 0 aromatic heterocycles. The van der Waals surface area contributed by atoms with Crippen LogP contribution >= 0.6 is 0 Å². The average molecular weight is 1420 g/mol. The summed E-state index contributed by atoms with van der Waals surface area (Å²) in [6, 6.07) is 60.6. The standard InChI is InChI=1S/C31H35N3O3.C30H34N2O2.C25H21NO3.C5H13N/c1-22(35)34(3)17-16-33(2)20-29-26-14-9-15-27(26)31(18-30(29)36-4)37-21-24-12-8-13-25(28(24)19-32)23-10-6-5-7-11-23;1-4-5-17-32(2)20-28-25-15-10-16-26(25)30(18-29(28)33-3)34-21-23-13-9-14-24(27(23)19-31)22-11-7-6-8-12-22;1-28-24-13-25(21-12-6-11-20(21)23(24)15-27)29-16-18-9-5-10-19(22(18)14-26)17-7-3-2-4-8-17;1-3-4-5-6-2/h5-8,10-13,18H,9,14-17,20-21H2,1-4H3;6-9,11-14,18H,4-5,10,15-17,20-21H2,1-3H3;2-5,7-10,13,15H,6,11-12,16H2,1H3;6H,3-5H2,1-2H3. The van der Waals surface area contributed by atoms with Gasteiger partial charge in [0.25, 0.3) is 0 Å². The van der Waals surface area contributed by atoms with Crippen molar-refractivity contribution in [1.29, 1.82) is 15.8 Å². The van der Waals surface area contributed by atoms with Crippen LogP contribution in [-0.4, -0.2) is 103 Å². The Morgan fingerprint density at radius 2 is 0.811 bits per heavy atom. The van der Waals surface area contributed by atoms with Crippen molar-refractivity contribution in [2.45, 2.75) is 137 Å². The molecule has 0 saturated heterocycles. The number of benzene rings is 9. The lowest BCUT2D eigenvalue weighted by Gasteiger charge is -2.24. The van der Waals surface area contributed by atoms with E-state index in [4.69, 9.17) is 28.4 Å². The number of ether oxygens (including phenoxy) is 6. The zero-order chi connectivity index (χ0) is 75.3. The molecule has 0 heterocycles. The zero-order valence-electron chi connectivity index (χ0n) is 63.7. The van der Waals surface area contributed by atoms with Crippen molar-refractivity contribution < 1.29 is 38.0 Å². The Balaban J connectivity index is 0.000000178. The molecule has 9 aromatic rings. The summed E-state index contributed by atoms with van der Waals surface area (Å²) in [5.74, 6) is 4.78. The monoisotopic (exact) mass is 1420 g/mol. The molecular formula is C91H103N7O8. The van der Waals surface area contributed by atoms with E-state index >= 15 is 0 Å². The van der Waals surface area contributed by atoms with Gasteiger partial charge in [0.2, 0.25) is 5.91 Å². The minimum absolute atomic E-state index is 0.0715. The average Bonchev–Trinajstić information content (AvgIpc) is 1.54. The molecule has 3 aliphatic carbocycles. The second-order valence-corrected chi connectivity index (χ2v) is 27.2. The number of nitrogens with one attached hydrogen (secondary N) is 1. The van der Waals surface area contributed by atoms with Crippen LogP contribution in [0.4, 0.5) is 0 Å². The molecule has 550 valence electrons. The molecule has 15 nitrogen and oxygen atoms in total. The zero-order valence-corrected chi connectivity index (χ0v) is 63.7. The molecule has 0 aliphatic heterocycles. The number of fused-ring (bicyclic) bond motifs is 3. The molecule has 1 N–H and O–H groups in total. The van der Waals surface area contributed by atoms with Crippen molar-refractivity contribution in [3.8, 4) is 86.1 Å². The Hall–Kier alpha value is -10.7. The number of aldehydes is 1. The highest BCUT2D eigenvalue weighted by atomic mass is 16.5. The fourth-order valence-corrected chi connectivity index (χ4v) is 14.3. The summed E-state index contributed by atoms with van der Waals surface area (Å²) in [6.45, 7) is 12.3. The van der Waals surface area contributed by atoms with Crippen molar-refractivity contribution in [2.24, 2.45) is 0 Å². The van der Waals surface area contributed by atoms with Crippen molar-refractivity contribution in [3.05, 3.63) is 247 Å². The fraction of sp³-hybridized carbons (Fsp3) is 0.352. The van der Waals surface area contributed by atoms with Gasteiger partial charge in [-0.1, -0.05) is 172 Å². The predicted octanol–water partition coefficient (Wildman–Crippen LogP) is 17.9. The van der Waals surface area contributed by atoms with Crippen LogP contribution in [-0.2, 0) is 76.2 Å². The van der Waals surface area contributed by atoms with Gasteiger partial charge in [-0.05, 0) is 172 Å². The Morgan fingerprint density at radius 1 is 0.453 bits per heavy atom. The first-order valence-corrected chi connectivity index (χ1v) is 37.2. The third-order valence-corrected chi connectivity index (χ3v) is 20.1. The van der Waals surface area contributed by atoms with E-state index in [0.29, 0.717) is 47.8 Å². The van der Waals surface area contributed by atoms with E-state index in [-0.39, 0.29) is 12.5 Å². The van der Waals surface area contributed by atoms with Gasteiger partial charge in [0.1, 0.15) is 72.5 Å². The van der Waals surface area contributed by atoms with Gasteiger partial charge in [-0.25, -0.2) is 0 Å². The fourth-order valence-electron chi connectivity index (χ4n) is 14.3. The van der Waals surface area contributed by atoms with Gasteiger partial charge in [0, 0.05) is 86.2 Å². The molecule has 3 aliphatic rings. The smallest absolute Gasteiger partial charge is 0.219 e. The first-order chi connectivity index (χ1) is 51.8. The summed E-state index contributed by atoms with van der Waals surface area (Å²) >= 11 is 0. The normalized spacial score (nSPS) is 12.1. The molecule has 0 spiro atoms. The lowest BCUT2D eigenvalue weighted by Crippen LogP contribution is -2.33. The van der Waals surface area contributed by atoms with Gasteiger partial charge in [0.05, 0.1) is 43.6 Å². The molecule has 9 aromatic carbocycles. The second-order valence-electron chi connectivity index (χ2n) is 27.2. The summed E-state index contributed by atoms with van der Waals surface area (Å²) in [5, 5.41) is 32.8. The molecule has 12 rings (SSSR count). The van der Waals surface area contributed by atoms with Crippen molar-refractivity contribution >= 4 is 12.2 Å². The molecule has 106 heavy (non-hydrogen) atoms. The molecule has 15 heteroatoms. The minimum atomic E-state index is 0.0715. The first kappa shape index (κ1) is 79.4. The minimum Gasteiger partial charge on any atom is -0.496 e. The van der Waals surface area contributed by atoms with Crippen LogP contribution in [0.15, 0.2) is 164 Å². The van der Waals surface area contributed by atoms with Gasteiger partial charge >= 0.3 is 0 Å². The Labute approximate surface area is 628 Å². The summed E-state index contributed by atoms with van der Waals surface area (Å²) in [7, 11) is 13.1. The topological polar surface area (TPSA) is 183 Å². The molecule has 0 atom stereocenters. The van der Waals surface area contributed by atoms with Crippen LogP contribution in [0, 0.1) is 34.0 Å². The van der Waals surface area contributed by atoms with Crippen LogP contribution in [0.2, 0.25) is 0 Å². The van der Waals surface area contributed by atoms with Gasteiger partial charge < -0.3 is 48.4 Å². The number of nitrogens with zero attached hydrogens (tertiary/aromatic N) is 6. The summed E-state index contributed by atoms with van der Waals surface area (Å²) < 4.78 is 36.0. The van der Waals surface area contributed by atoms with Crippen molar-refractivity contribution in [3.63, 3.8) is 0 Å². The number of nitriles is 3. The van der Waals surface area contributed by atoms with Crippen LogP contribution in [0.3, 0.4) is 0 Å². The Kier molecular flexibility index (Phi) is 30.3. The quantitative estimate of drug-likeness (QED) is 0.0345. The molecule has 0 unspecified atom stereocenters. The maximum absolute atomic E-state index is 11.6. The number of carbonyl (C=O) groups excluding carboxylic acids is 2. The number of methoxy groups -OCH3 is 3. The van der Waals surface area contributed by atoms with Crippen LogP contribution in [0.5, 0.6) is 34.5 Å². The first-order valence-electron chi connectivity index (χ1n) is 37.2. The van der Waals surface area contributed by atoms with Crippen molar-refractivity contribution in [1.82, 2.24) is 20.0 Å². The molecule has 0 bridgehead atoms. The summed E-state index contributed by atoms with van der Waals surface area (Å²) in [6.07, 6.45) is 14.8. The Bertz CT molecular complexity index is 4540. The largest absolute Gasteiger partial charge is 0.496 e. The maximum atomic E-state index is 11.6. The molecule has 1 amide bonds. The molecule has 0 fully saturated rings. The van der Waals surface area contributed by atoms with E-state index in [2.05, 4.69) is 67.3 Å². The lowest BCUT2D eigenvalue weighted by atomic mass is 9.96. The van der Waals surface area contributed by atoms with E-state index in [0.717, 1.165) is 187 Å². The second kappa shape index (κ2) is 40.5. The van der Waals surface area contributed by atoms with E-state index in [1.807, 2.05) is 166 Å². The molecular weight excluding hydrogens is 1320 g/mol. The summed E-state index contributed by atoms with van der Waals surface area (Å²) in [4.78, 5) is 29.4. The SMILES string of the molecule is CCCCN(C)Cc1c(OC)cc(OCc2cccc(-c3ccccc3)c2C#N)c2c1CCC2.CCCCNC.COc1cc(OCc2cccc(-c3ccccc3)c2C#N)c2c(c1C=O)CCC2.COc1cc(OCc2cccc(-c3ccccc3)c2C#N)c2c(c1CN(C)CCN(C)C(C)=O)CCC2. The van der Waals surface area contributed by atoms with E-state index < -0.39 is 0 Å². The third-order valence-electron chi connectivity index (χ3n) is 20.1. The van der Waals surface area contributed by atoms with Crippen LogP contribution < -0.4 is 33.7 Å². The predicted molar refractivity (Wildman–Crippen MR) is 423 cm³/mol. The highest BCUT2D eigenvalue weighted by Crippen LogP contribution is 2.44. The number of rotatable bonds is 29. The number of carbonyl (C=O) groups is 2. The lowest BCUT2D eigenvalue weighted by molar-refractivity contribution is -0.127. The van der Waals surface area contributed by atoms with E-state index in [1.165, 1.54) is 59.1 Å². The van der Waals surface area contributed by atoms with Crippen LogP contribution in [0.1, 0.15) is 154 Å². The number of hydrogen-bond donors (Lipinski definition) is 1. The van der Waals surface area contributed by atoms with Gasteiger partial charge in [-0.2, -0.15) is 15.8 Å². The number of hydrogen-bond acceptors (Lipinski definition) is 14. The highest BCUT2D eigenvalue weighted by Gasteiger charge is 2.28. The molecule has 0 radical (unpaired) electrons. The molecule has 0 saturated carbocycles.